The number of allylic oxidation sites excluding steroid dienone is 2. The van der Waals surface area contributed by atoms with E-state index in [-0.39, 0.29) is 0 Å². The molecule has 0 spiro atoms. The Morgan fingerprint density at radius 2 is 1.40 bits per heavy atom. The molecule has 4 aromatic carbocycles. The second-order valence-corrected chi connectivity index (χ2v) is 15.4. The SMILES string of the molecule is CCC/C(C)=C(C(=O)O)\C(=C(/C)c1ccc(C)cc1)c1cccc(N2CCN(c3ccc(N4CCO[P@@]4c4ccc(C)c(C)c4)cc3)CC2)c1. The van der Waals surface area contributed by atoms with E-state index in [1.807, 2.05) is 6.92 Å². The van der Waals surface area contributed by atoms with E-state index in [9.17, 15) is 9.90 Å². The van der Waals surface area contributed by atoms with Crippen LogP contribution in [0.2, 0.25) is 0 Å². The maximum Gasteiger partial charge on any atom is 0.336 e. The van der Waals surface area contributed by atoms with Crippen molar-refractivity contribution in [3.05, 3.63) is 130 Å². The number of piperazine rings is 1. The summed E-state index contributed by atoms with van der Waals surface area (Å²) in [6, 6.07) is 32.5. The van der Waals surface area contributed by atoms with Crippen LogP contribution in [0.5, 0.6) is 0 Å². The van der Waals surface area contributed by atoms with Gasteiger partial charge in [-0.1, -0.05) is 73.0 Å². The summed E-state index contributed by atoms with van der Waals surface area (Å²) in [4.78, 5) is 17.7. The van der Waals surface area contributed by atoms with Crippen LogP contribution >= 0.6 is 8.30 Å². The average molecular weight is 688 g/mol. The quantitative estimate of drug-likeness (QED) is 0.0776. The number of carboxylic acid groups (broad SMARTS) is 1. The number of nitrogens with zero attached hydrogens (tertiary/aromatic N) is 3. The smallest absolute Gasteiger partial charge is 0.336 e. The summed E-state index contributed by atoms with van der Waals surface area (Å²) in [6.07, 6.45) is 1.64. The fourth-order valence-corrected chi connectivity index (χ4v) is 9.02. The summed E-state index contributed by atoms with van der Waals surface area (Å²) in [7, 11) is -0.830. The van der Waals surface area contributed by atoms with Crippen LogP contribution in [0.25, 0.3) is 11.1 Å². The van der Waals surface area contributed by atoms with Gasteiger partial charge in [0.2, 0.25) is 0 Å². The first-order valence-electron chi connectivity index (χ1n) is 17.8. The minimum absolute atomic E-state index is 0.414. The van der Waals surface area contributed by atoms with Crippen LogP contribution in [-0.2, 0) is 9.32 Å². The van der Waals surface area contributed by atoms with Gasteiger partial charge in [-0.3, -0.25) is 0 Å². The van der Waals surface area contributed by atoms with Gasteiger partial charge in [-0.2, -0.15) is 0 Å². The Hall–Kier alpha value is -4.38. The molecule has 6 rings (SSSR count). The Balaban J connectivity index is 1.20. The average Bonchev–Trinajstić information content (AvgIpc) is 3.62. The predicted molar refractivity (Wildman–Crippen MR) is 212 cm³/mol. The van der Waals surface area contributed by atoms with E-state index in [2.05, 4.69) is 140 Å². The van der Waals surface area contributed by atoms with Gasteiger partial charge in [0.15, 0.2) is 8.30 Å². The molecule has 260 valence electrons. The number of carboxylic acids is 1. The number of rotatable bonds is 10. The Morgan fingerprint density at radius 3 is 2.04 bits per heavy atom. The predicted octanol–water partition coefficient (Wildman–Crippen LogP) is 9.54. The zero-order valence-electron chi connectivity index (χ0n) is 30.4. The number of hydrogen-bond acceptors (Lipinski definition) is 5. The van der Waals surface area contributed by atoms with E-state index < -0.39 is 14.3 Å². The summed E-state index contributed by atoms with van der Waals surface area (Å²) >= 11 is 0. The highest BCUT2D eigenvalue weighted by Crippen LogP contribution is 2.48. The topological polar surface area (TPSA) is 56.2 Å². The number of carbonyl (C=O) groups is 1. The molecule has 0 unspecified atom stereocenters. The molecule has 2 aliphatic heterocycles. The van der Waals surface area contributed by atoms with Crippen LogP contribution in [0.15, 0.2) is 102 Å². The first-order valence-corrected chi connectivity index (χ1v) is 19.0. The van der Waals surface area contributed by atoms with Gasteiger partial charge < -0.3 is 24.1 Å². The molecule has 2 heterocycles. The van der Waals surface area contributed by atoms with Crippen molar-refractivity contribution >= 4 is 47.8 Å². The van der Waals surface area contributed by atoms with E-state index in [0.29, 0.717) is 5.57 Å². The van der Waals surface area contributed by atoms with Crippen LogP contribution in [0.1, 0.15) is 61.4 Å². The Labute approximate surface area is 299 Å². The van der Waals surface area contributed by atoms with Gasteiger partial charge >= 0.3 is 5.97 Å². The Bertz CT molecular complexity index is 1890. The summed E-state index contributed by atoms with van der Waals surface area (Å²) in [5, 5.41) is 11.8. The van der Waals surface area contributed by atoms with E-state index in [4.69, 9.17) is 4.52 Å². The van der Waals surface area contributed by atoms with E-state index in [1.165, 1.54) is 33.4 Å². The van der Waals surface area contributed by atoms with Gasteiger partial charge in [0.25, 0.3) is 0 Å². The van der Waals surface area contributed by atoms with Gasteiger partial charge in [-0.05, 0) is 117 Å². The van der Waals surface area contributed by atoms with Crippen LogP contribution in [0, 0.1) is 20.8 Å². The highest BCUT2D eigenvalue weighted by Gasteiger charge is 2.29. The molecule has 2 saturated heterocycles. The molecule has 50 heavy (non-hydrogen) atoms. The second kappa shape index (κ2) is 15.7. The van der Waals surface area contributed by atoms with Crippen molar-refractivity contribution in [2.45, 2.75) is 54.4 Å². The van der Waals surface area contributed by atoms with Crippen molar-refractivity contribution < 1.29 is 14.4 Å². The van der Waals surface area contributed by atoms with E-state index in [0.717, 1.165) is 85.7 Å². The van der Waals surface area contributed by atoms with Gasteiger partial charge in [0.1, 0.15) is 0 Å². The number of aryl methyl sites for hydroxylation is 3. The van der Waals surface area contributed by atoms with Crippen molar-refractivity contribution in [1.82, 2.24) is 0 Å². The molecule has 2 aliphatic rings. The maximum atomic E-state index is 12.9. The molecule has 0 aromatic heterocycles. The maximum absolute atomic E-state index is 12.9. The monoisotopic (exact) mass is 687 g/mol. The molecular weight excluding hydrogens is 637 g/mol. The molecule has 1 atom stereocenters. The number of aliphatic carboxylic acids is 1. The molecule has 0 bridgehead atoms. The van der Waals surface area contributed by atoms with Crippen molar-refractivity contribution in [3.63, 3.8) is 0 Å². The molecule has 2 fully saturated rings. The lowest BCUT2D eigenvalue weighted by Gasteiger charge is -2.37. The Kier molecular flexibility index (Phi) is 11.1. The van der Waals surface area contributed by atoms with Crippen molar-refractivity contribution in [1.29, 1.82) is 0 Å². The van der Waals surface area contributed by atoms with Crippen molar-refractivity contribution in [3.8, 4) is 0 Å². The van der Waals surface area contributed by atoms with Crippen LogP contribution in [-0.4, -0.2) is 50.4 Å². The third kappa shape index (κ3) is 7.67. The van der Waals surface area contributed by atoms with Crippen molar-refractivity contribution in [2.24, 2.45) is 0 Å². The van der Waals surface area contributed by atoms with Gasteiger partial charge in [-0.15, -0.1) is 0 Å². The molecule has 0 amide bonds. The second-order valence-electron chi connectivity index (χ2n) is 13.6. The number of hydrogen-bond donors (Lipinski definition) is 1. The zero-order valence-corrected chi connectivity index (χ0v) is 31.3. The normalized spacial score (nSPS) is 17.5. The first-order chi connectivity index (χ1) is 24.1. The highest BCUT2D eigenvalue weighted by molar-refractivity contribution is 7.62. The molecule has 1 N–H and O–H groups in total. The highest BCUT2D eigenvalue weighted by atomic mass is 31.2. The molecule has 4 aromatic rings. The third-order valence-corrected chi connectivity index (χ3v) is 12.1. The third-order valence-electron chi connectivity index (χ3n) is 10.1. The molecular formula is C43H50N3O3P. The lowest BCUT2D eigenvalue weighted by atomic mass is 9.86. The number of benzene rings is 4. The zero-order chi connectivity index (χ0) is 35.4. The van der Waals surface area contributed by atoms with E-state index >= 15 is 0 Å². The van der Waals surface area contributed by atoms with Gasteiger partial charge in [-0.25, -0.2) is 4.79 Å². The summed E-state index contributed by atoms with van der Waals surface area (Å²) in [5.74, 6) is -0.874. The number of anilines is 3. The fraction of sp³-hybridized carbons (Fsp3) is 0.326. The Morgan fingerprint density at radius 1 is 0.740 bits per heavy atom. The first kappa shape index (κ1) is 35.4. The largest absolute Gasteiger partial charge is 0.478 e. The molecule has 7 heteroatoms. The van der Waals surface area contributed by atoms with Gasteiger partial charge in [0.05, 0.1) is 12.2 Å². The summed E-state index contributed by atoms with van der Waals surface area (Å²) < 4.78 is 8.67. The molecule has 0 aliphatic carbocycles. The molecule has 0 saturated carbocycles. The minimum atomic E-state index is -0.874. The molecule has 6 nitrogen and oxygen atoms in total. The summed E-state index contributed by atoms with van der Waals surface area (Å²) in [5.41, 5.74) is 12.4. The van der Waals surface area contributed by atoms with E-state index in [1.54, 1.807) is 0 Å². The summed E-state index contributed by atoms with van der Waals surface area (Å²) in [6.45, 7) is 17.8. The van der Waals surface area contributed by atoms with Crippen LogP contribution < -0.4 is 19.8 Å². The molecule has 0 radical (unpaired) electrons. The lowest BCUT2D eigenvalue weighted by Crippen LogP contribution is -2.46. The fourth-order valence-electron chi connectivity index (χ4n) is 7.08. The lowest BCUT2D eigenvalue weighted by molar-refractivity contribution is -0.132. The van der Waals surface area contributed by atoms with Crippen molar-refractivity contribution in [2.75, 3.05) is 53.8 Å². The van der Waals surface area contributed by atoms with Crippen LogP contribution in [0.4, 0.5) is 17.1 Å². The van der Waals surface area contributed by atoms with Gasteiger partial charge in [0, 0.05) is 55.1 Å². The minimum Gasteiger partial charge on any atom is -0.478 e. The van der Waals surface area contributed by atoms with Crippen LogP contribution in [0.3, 0.4) is 0 Å². The standard InChI is InChI=1S/C43H50N3O3P/c1-7-9-32(4)41(43(47)48)42(34(6)35-15-12-30(2)13-16-35)36-10-8-11-39(29-36)45-24-22-44(23-25-45)37-17-19-38(20-18-37)46-26-27-49-50(46)40-21-14-31(3)33(5)28-40/h8,10-21,28-29H,7,9,22-27H2,1-6H3,(H,47,48)/b41-32+,42-34+/t50-/m0/s1.